The second kappa shape index (κ2) is 10.8. The first-order valence-corrected chi connectivity index (χ1v) is 10.3. The Kier molecular flexibility index (Phi) is 7.40. The quantitative estimate of drug-likeness (QED) is 0.489. The van der Waals surface area contributed by atoms with Gasteiger partial charge in [0.05, 0.1) is 26.4 Å². The van der Waals surface area contributed by atoms with Crippen molar-refractivity contribution in [2.24, 2.45) is 4.99 Å². The lowest BCUT2D eigenvalue weighted by Gasteiger charge is -2.24. The van der Waals surface area contributed by atoms with Crippen molar-refractivity contribution in [1.29, 1.82) is 0 Å². The van der Waals surface area contributed by atoms with Gasteiger partial charge < -0.3 is 14.2 Å². The molecule has 4 nitrogen and oxygen atoms in total. The number of hydrogen-bond acceptors (Lipinski definition) is 4. The van der Waals surface area contributed by atoms with Gasteiger partial charge >= 0.3 is 0 Å². The van der Waals surface area contributed by atoms with E-state index < -0.39 is 0 Å². The molecule has 0 fully saturated rings. The first-order chi connectivity index (χ1) is 14.9. The first kappa shape index (κ1) is 20.5. The van der Waals surface area contributed by atoms with Crippen molar-refractivity contribution in [3.8, 4) is 0 Å². The number of benzene rings is 3. The van der Waals surface area contributed by atoms with Crippen LogP contribution in [0, 0.1) is 0 Å². The third kappa shape index (κ3) is 5.86. The van der Waals surface area contributed by atoms with Crippen LogP contribution < -0.4 is 0 Å². The van der Waals surface area contributed by atoms with Crippen molar-refractivity contribution >= 4 is 6.21 Å². The Hall–Kier alpha value is -2.79. The minimum atomic E-state index is -0.195. The van der Waals surface area contributed by atoms with Gasteiger partial charge in [-0.1, -0.05) is 91.0 Å². The predicted molar refractivity (Wildman–Crippen MR) is 118 cm³/mol. The molecule has 0 spiro atoms. The number of hydrogen-bond donors (Lipinski definition) is 0. The largest absolute Gasteiger partial charge is 0.374 e. The molecule has 3 aromatic rings. The number of ether oxygens (including phenoxy) is 3. The van der Waals surface area contributed by atoms with Gasteiger partial charge in [-0.25, -0.2) is 0 Å². The van der Waals surface area contributed by atoms with Gasteiger partial charge in [-0.2, -0.15) is 0 Å². The van der Waals surface area contributed by atoms with E-state index in [0.717, 1.165) is 16.7 Å². The summed E-state index contributed by atoms with van der Waals surface area (Å²) in [5, 5.41) is 0. The molecule has 4 heteroatoms. The standard InChI is InChI=1S/C26H27NO3/c1-4-10-21(11-5-1)17-28-20-24-26(30-19-23-14-8-3-9-15-23)25(16-27-24)29-18-22-12-6-2-7-13-22/h1-16,24-26H,17-20H2/t24-,25+,26+/m1/s1. The van der Waals surface area contributed by atoms with Gasteiger partial charge in [-0.05, 0) is 16.7 Å². The van der Waals surface area contributed by atoms with E-state index in [1.807, 2.05) is 60.8 Å². The molecule has 0 saturated heterocycles. The number of rotatable bonds is 10. The SMILES string of the molecule is C1=N[C@H](COCc2ccccc2)[C@H](OCc2ccccc2)[C@H]1OCc1ccccc1. The normalized spacial score (nSPS) is 20.5. The average Bonchev–Trinajstić information content (AvgIpc) is 3.20. The van der Waals surface area contributed by atoms with Gasteiger partial charge in [-0.3, -0.25) is 4.99 Å². The van der Waals surface area contributed by atoms with Crippen LogP contribution in [-0.4, -0.2) is 31.1 Å². The molecule has 0 N–H and O–H groups in total. The van der Waals surface area contributed by atoms with Crippen LogP contribution in [0.5, 0.6) is 0 Å². The second-order valence-electron chi connectivity index (χ2n) is 7.39. The summed E-state index contributed by atoms with van der Waals surface area (Å²) in [6.45, 7) is 2.11. The van der Waals surface area contributed by atoms with Gasteiger partial charge in [-0.15, -0.1) is 0 Å². The fraction of sp³-hybridized carbons (Fsp3) is 0.269. The van der Waals surface area contributed by atoms with E-state index in [9.17, 15) is 0 Å². The fourth-order valence-electron chi connectivity index (χ4n) is 3.47. The molecule has 1 aliphatic rings. The van der Waals surface area contributed by atoms with Gasteiger partial charge in [0.2, 0.25) is 0 Å². The van der Waals surface area contributed by atoms with Crippen LogP contribution in [0.4, 0.5) is 0 Å². The molecular weight excluding hydrogens is 374 g/mol. The molecule has 0 bridgehead atoms. The van der Waals surface area contributed by atoms with E-state index >= 15 is 0 Å². The van der Waals surface area contributed by atoms with Gasteiger partial charge in [0.25, 0.3) is 0 Å². The lowest BCUT2D eigenvalue weighted by atomic mass is 10.1. The van der Waals surface area contributed by atoms with Gasteiger partial charge in [0.1, 0.15) is 18.2 Å². The molecule has 4 rings (SSSR count). The molecule has 0 radical (unpaired) electrons. The van der Waals surface area contributed by atoms with Gasteiger partial charge in [0, 0.05) is 6.21 Å². The summed E-state index contributed by atoms with van der Waals surface area (Å²) in [6, 6.07) is 30.4. The molecular formula is C26H27NO3. The molecule has 30 heavy (non-hydrogen) atoms. The highest BCUT2D eigenvalue weighted by atomic mass is 16.5. The lowest BCUT2D eigenvalue weighted by Crippen LogP contribution is -2.38. The summed E-state index contributed by atoms with van der Waals surface area (Å²) in [5.41, 5.74) is 3.42. The van der Waals surface area contributed by atoms with Crippen LogP contribution >= 0.6 is 0 Å². The number of aliphatic imine (C=N–C) groups is 1. The molecule has 3 aromatic carbocycles. The van der Waals surface area contributed by atoms with E-state index in [1.165, 1.54) is 0 Å². The highest BCUT2D eigenvalue weighted by molar-refractivity contribution is 5.67. The monoisotopic (exact) mass is 401 g/mol. The minimum absolute atomic E-state index is 0.0850. The fourth-order valence-corrected chi connectivity index (χ4v) is 3.47. The minimum Gasteiger partial charge on any atom is -0.374 e. The second-order valence-corrected chi connectivity index (χ2v) is 7.39. The lowest BCUT2D eigenvalue weighted by molar-refractivity contribution is -0.0682. The Morgan fingerprint density at radius 2 is 1.10 bits per heavy atom. The molecule has 0 aliphatic carbocycles. The summed E-state index contributed by atoms with van der Waals surface area (Å²) in [5.74, 6) is 0. The molecule has 0 saturated carbocycles. The summed E-state index contributed by atoms with van der Waals surface area (Å²) >= 11 is 0. The number of nitrogens with zero attached hydrogens (tertiary/aromatic N) is 1. The van der Waals surface area contributed by atoms with Crippen molar-refractivity contribution in [3.05, 3.63) is 108 Å². The van der Waals surface area contributed by atoms with E-state index in [1.54, 1.807) is 0 Å². The molecule has 0 unspecified atom stereocenters. The van der Waals surface area contributed by atoms with Crippen LogP contribution in [0.3, 0.4) is 0 Å². The van der Waals surface area contributed by atoms with E-state index in [4.69, 9.17) is 14.2 Å². The van der Waals surface area contributed by atoms with Crippen LogP contribution in [0.1, 0.15) is 16.7 Å². The maximum atomic E-state index is 6.28. The van der Waals surface area contributed by atoms with Crippen molar-refractivity contribution < 1.29 is 14.2 Å². The Labute approximate surface area is 178 Å². The van der Waals surface area contributed by atoms with Gasteiger partial charge in [0.15, 0.2) is 0 Å². The average molecular weight is 402 g/mol. The molecule has 3 atom stereocenters. The van der Waals surface area contributed by atoms with Crippen LogP contribution in [0.25, 0.3) is 0 Å². The Morgan fingerprint density at radius 1 is 0.600 bits per heavy atom. The van der Waals surface area contributed by atoms with Crippen molar-refractivity contribution in [3.63, 3.8) is 0 Å². The zero-order valence-corrected chi connectivity index (χ0v) is 17.0. The van der Waals surface area contributed by atoms with E-state index in [2.05, 4.69) is 41.4 Å². The molecule has 0 amide bonds. The third-order valence-electron chi connectivity index (χ3n) is 5.10. The highest BCUT2D eigenvalue weighted by Gasteiger charge is 2.35. The zero-order chi connectivity index (χ0) is 20.4. The third-order valence-corrected chi connectivity index (χ3v) is 5.10. The smallest absolute Gasteiger partial charge is 0.121 e. The predicted octanol–water partition coefficient (Wildman–Crippen LogP) is 4.83. The summed E-state index contributed by atoms with van der Waals surface area (Å²) in [6.07, 6.45) is 1.50. The maximum absolute atomic E-state index is 6.28. The highest BCUT2D eigenvalue weighted by Crippen LogP contribution is 2.21. The summed E-state index contributed by atoms with van der Waals surface area (Å²) in [4.78, 5) is 4.65. The van der Waals surface area contributed by atoms with Crippen LogP contribution in [-0.2, 0) is 34.0 Å². The Balaban J connectivity index is 1.35. The molecule has 0 aromatic heterocycles. The van der Waals surface area contributed by atoms with E-state index in [0.29, 0.717) is 26.4 Å². The summed E-state index contributed by atoms with van der Waals surface area (Å²) < 4.78 is 18.4. The van der Waals surface area contributed by atoms with Crippen molar-refractivity contribution in [1.82, 2.24) is 0 Å². The summed E-state index contributed by atoms with van der Waals surface area (Å²) in [7, 11) is 0. The van der Waals surface area contributed by atoms with E-state index in [-0.39, 0.29) is 18.2 Å². The van der Waals surface area contributed by atoms with Crippen molar-refractivity contribution in [2.75, 3.05) is 6.61 Å². The Bertz CT molecular complexity index is 899. The first-order valence-electron chi connectivity index (χ1n) is 10.3. The topological polar surface area (TPSA) is 40.0 Å². The molecule has 154 valence electrons. The van der Waals surface area contributed by atoms with Crippen molar-refractivity contribution in [2.45, 2.75) is 38.1 Å². The van der Waals surface area contributed by atoms with Crippen LogP contribution in [0.2, 0.25) is 0 Å². The molecule has 1 aliphatic heterocycles. The molecule has 1 heterocycles. The Morgan fingerprint density at radius 3 is 1.67 bits per heavy atom. The maximum Gasteiger partial charge on any atom is 0.121 e. The zero-order valence-electron chi connectivity index (χ0n) is 17.0. The van der Waals surface area contributed by atoms with Crippen LogP contribution in [0.15, 0.2) is 96.0 Å².